The molecule has 0 aliphatic heterocycles. The van der Waals surface area contributed by atoms with E-state index in [4.69, 9.17) is 9.05 Å². The van der Waals surface area contributed by atoms with Gasteiger partial charge in [0, 0.05) is 34.5 Å². The molecule has 5 nitrogen and oxygen atoms in total. The van der Waals surface area contributed by atoms with E-state index in [2.05, 4.69) is 19.5 Å². The molecule has 0 atom stereocenters. The Morgan fingerprint density at radius 1 is 0.815 bits per heavy atom. The summed E-state index contributed by atoms with van der Waals surface area (Å²) in [4.78, 5) is 32.7. The molecule has 0 aliphatic carbocycles. The Bertz CT molecular complexity index is 509. The summed E-state index contributed by atoms with van der Waals surface area (Å²) in [5, 5.41) is 0.0504. The van der Waals surface area contributed by atoms with Crippen LogP contribution in [0.2, 0.25) is 0 Å². The lowest BCUT2D eigenvalue weighted by atomic mass is 10.4. The molecule has 0 aromatic rings. The summed E-state index contributed by atoms with van der Waals surface area (Å²) in [6, 6.07) is 0. The van der Waals surface area contributed by atoms with Gasteiger partial charge in [0.15, 0.2) is 0 Å². The van der Waals surface area contributed by atoms with E-state index in [0.29, 0.717) is 35.9 Å². The zero-order valence-electron chi connectivity index (χ0n) is 15.9. The number of carbonyl (C=O) groups excluding carboxylic acids is 2. The van der Waals surface area contributed by atoms with Gasteiger partial charge in [0.05, 0.1) is 13.2 Å². The maximum absolute atomic E-state index is 11.4. The standard InChI is InChI=1S/C17H29O5PS4/c1-14(2)16(18)26-12-10-24-8-6-21-23(5,20)22-7-9-25-11-13-27-17(19)15(3)4/h20H,1,3,5-13H2,2,4H3. The second-order valence-electron chi connectivity index (χ2n) is 5.36. The van der Waals surface area contributed by atoms with Crippen molar-refractivity contribution in [2.45, 2.75) is 13.8 Å². The van der Waals surface area contributed by atoms with Crippen LogP contribution in [-0.4, -0.2) is 69.2 Å². The van der Waals surface area contributed by atoms with Crippen molar-refractivity contribution in [2.75, 3.05) is 47.7 Å². The molecule has 0 amide bonds. The van der Waals surface area contributed by atoms with E-state index in [1.807, 2.05) is 0 Å². The SMILES string of the molecule is C=C(C)C(=O)SCCSCCOP(=C)(O)OCCSCCSC(=O)C(=C)C. The highest BCUT2D eigenvalue weighted by Gasteiger charge is 2.11. The highest BCUT2D eigenvalue weighted by molar-refractivity contribution is 8.15. The van der Waals surface area contributed by atoms with Crippen molar-refractivity contribution in [1.82, 2.24) is 0 Å². The molecule has 0 aromatic carbocycles. The first-order valence-electron chi connectivity index (χ1n) is 8.21. The lowest BCUT2D eigenvalue weighted by Crippen LogP contribution is -2.03. The van der Waals surface area contributed by atoms with E-state index < -0.39 is 7.57 Å². The molecule has 27 heavy (non-hydrogen) atoms. The van der Waals surface area contributed by atoms with Crippen molar-refractivity contribution in [3.8, 4) is 0 Å². The van der Waals surface area contributed by atoms with E-state index in [-0.39, 0.29) is 10.2 Å². The van der Waals surface area contributed by atoms with Crippen LogP contribution in [-0.2, 0) is 18.6 Å². The maximum Gasteiger partial charge on any atom is 0.248 e. The van der Waals surface area contributed by atoms with Crippen molar-refractivity contribution < 1.29 is 23.5 Å². The van der Waals surface area contributed by atoms with E-state index in [9.17, 15) is 14.5 Å². The fourth-order valence-corrected chi connectivity index (χ4v) is 5.71. The lowest BCUT2D eigenvalue weighted by molar-refractivity contribution is -0.108. The molecule has 0 saturated heterocycles. The van der Waals surface area contributed by atoms with Gasteiger partial charge in [0.2, 0.25) is 17.8 Å². The number of hydrogen-bond donors (Lipinski definition) is 1. The normalized spacial score (nSPS) is 11.4. The number of thioether (sulfide) groups is 4. The lowest BCUT2D eigenvalue weighted by Gasteiger charge is -2.17. The summed E-state index contributed by atoms with van der Waals surface area (Å²) in [6.45, 7) is 11.3. The Hall–Kier alpha value is 0.400. The van der Waals surface area contributed by atoms with Gasteiger partial charge < -0.3 is 13.9 Å². The minimum Gasteiger partial charge on any atom is -0.333 e. The van der Waals surface area contributed by atoms with E-state index >= 15 is 0 Å². The predicted molar refractivity (Wildman–Crippen MR) is 127 cm³/mol. The molecule has 0 rings (SSSR count). The fourth-order valence-electron chi connectivity index (χ4n) is 1.35. The Labute approximate surface area is 180 Å². The molecule has 0 aliphatic rings. The van der Waals surface area contributed by atoms with Crippen LogP contribution in [0.4, 0.5) is 0 Å². The van der Waals surface area contributed by atoms with Crippen LogP contribution >= 0.6 is 54.6 Å². The Kier molecular flexibility index (Phi) is 16.5. The third-order valence-electron chi connectivity index (χ3n) is 2.66. The smallest absolute Gasteiger partial charge is 0.248 e. The topological polar surface area (TPSA) is 72.8 Å². The number of carbonyl (C=O) groups is 2. The summed E-state index contributed by atoms with van der Waals surface area (Å²) in [5.41, 5.74) is 1.13. The van der Waals surface area contributed by atoms with Crippen molar-refractivity contribution >= 4 is 71.1 Å². The van der Waals surface area contributed by atoms with Crippen molar-refractivity contribution in [3.63, 3.8) is 0 Å². The Balaban J connectivity index is 3.57. The minimum absolute atomic E-state index is 0.0252. The van der Waals surface area contributed by atoms with Crippen molar-refractivity contribution in [2.24, 2.45) is 0 Å². The average Bonchev–Trinajstić information content (AvgIpc) is 2.59. The molecule has 0 bridgehead atoms. The van der Waals surface area contributed by atoms with Crippen LogP contribution in [0.3, 0.4) is 0 Å². The molecule has 0 aromatic heterocycles. The van der Waals surface area contributed by atoms with Crippen LogP contribution < -0.4 is 0 Å². The molecular weight excluding hydrogens is 443 g/mol. The summed E-state index contributed by atoms with van der Waals surface area (Å²) in [6.07, 6.45) is 3.61. The molecule has 0 spiro atoms. The average molecular weight is 473 g/mol. The van der Waals surface area contributed by atoms with Gasteiger partial charge in [-0.2, -0.15) is 23.5 Å². The molecule has 0 heterocycles. The zero-order valence-corrected chi connectivity index (χ0v) is 20.1. The first-order valence-corrected chi connectivity index (χ1v) is 14.3. The highest BCUT2D eigenvalue weighted by Crippen LogP contribution is 2.42. The van der Waals surface area contributed by atoms with Crippen LogP contribution in [0.15, 0.2) is 24.3 Å². The number of rotatable bonds is 16. The molecule has 0 unspecified atom stereocenters. The van der Waals surface area contributed by atoms with Crippen LogP contribution in [0.1, 0.15) is 13.8 Å². The summed E-state index contributed by atoms with van der Waals surface area (Å²) in [7, 11) is -3.03. The number of hydrogen-bond acceptors (Lipinski definition) is 9. The van der Waals surface area contributed by atoms with Gasteiger partial charge in [-0.05, 0) is 31.3 Å². The third-order valence-corrected chi connectivity index (χ3v) is 8.28. The predicted octanol–water partition coefficient (Wildman–Crippen LogP) is 4.34. The molecule has 156 valence electrons. The van der Waals surface area contributed by atoms with Gasteiger partial charge in [-0.1, -0.05) is 36.7 Å². The third kappa shape index (κ3) is 17.0. The summed E-state index contributed by atoms with van der Waals surface area (Å²) in [5.74, 6) is 4.50. The minimum atomic E-state index is -3.03. The molecule has 0 fully saturated rings. The van der Waals surface area contributed by atoms with Crippen LogP contribution in [0.25, 0.3) is 0 Å². The van der Waals surface area contributed by atoms with Gasteiger partial charge in [-0.15, -0.1) is 0 Å². The van der Waals surface area contributed by atoms with Gasteiger partial charge in [-0.3, -0.25) is 9.59 Å². The monoisotopic (exact) mass is 472 g/mol. The summed E-state index contributed by atoms with van der Waals surface area (Å²) >= 11 is 5.82. The first kappa shape index (κ1) is 27.4. The van der Waals surface area contributed by atoms with Crippen molar-refractivity contribution in [3.05, 3.63) is 24.3 Å². The van der Waals surface area contributed by atoms with Crippen LogP contribution in [0.5, 0.6) is 0 Å². The van der Waals surface area contributed by atoms with Crippen molar-refractivity contribution in [1.29, 1.82) is 0 Å². The highest BCUT2D eigenvalue weighted by atomic mass is 32.2. The Morgan fingerprint density at radius 3 is 1.52 bits per heavy atom. The van der Waals surface area contributed by atoms with E-state index in [1.54, 1.807) is 37.4 Å². The van der Waals surface area contributed by atoms with E-state index in [1.165, 1.54) is 23.5 Å². The maximum atomic E-state index is 11.4. The quantitative estimate of drug-likeness (QED) is 0.201. The first-order chi connectivity index (χ1) is 12.7. The van der Waals surface area contributed by atoms with E-state index in [0.717, 1.165) is 23.0 Å². The molecular formula is C17H29O5PS4. The second-order valence-corrected chi connectivity index (χ2v) is 11.7. The van der Waals surface area contributed by atoms with Crippen LogP contribution in [0, 0.1) is 0 Å². The van der Waals surface area contributed by atoms with Gasteiger partial charge >= 0.3 is 0 Å². The molecule has 10 heteroatoms. The van der Waals surface area contributed by atoms with Gasteiger partial charge in [0.1, 0.15) is 0 Å². The second kappa shape index (κ2) is 16.2. The van der Waals surface area contributed by atoms with Gasteiger partial charge in [0.25, 0.3) is 0 Å². The fraction of sp³-hybridized carbons (Fsp3) is 0.588. The molecule has 0 saturated carbocycles. The molecule has 1 N–H and O–H groups in total. The Morgan fingerprint density at radius 2 is 1.19 bits per heavy atom. The van der Waals surface area contributed by atoms with Gasteiger partial charge in [-0.25, -0.2) is 0 Å². The molecule has 0 radical (unpaired) electrons. The summed E-state index contributed by atoms with van der Waals surface area (Å²) < 4.78 is 10.7. The largest absolute Gasteiger partial charge is 0.333 e. The zero-order chi connectivity index (χ0) is 20.7.